The van der Waals surface area contributed by atoms with E-state index in [-0.39, 0.29) is 11.3 Å². The van der Waals surface area contributed by atoms with Crippen LogP contribution in [0.3, 0.4) is 0 Å². The average molecular weight is 372 g/mol. The second-order valence-corrected chi connectivity index (χ2v) is 7.36. The molecule has 0 spiro atoms. The third kappa shape index (κ3) is 3.91. The van der Waals surface area contributed by atoms with Gasteiger partial charge in [-0.25, -0.2) is 5.43 Å². The van der Waals surface area contributed by atoms with E-state index in [0.717, 1.165) is 34.9 Å². The van der Waals surface area contributed by atoms with E-state index < -0.39 is 5.91 Å². The van der Waals surface area contributed by atoms with Gasteiger partial charge in [0, 0.05) is 5.92 Å². The van der Waals surface area contributed by atoms with E-state index in [4.69, 9.17) is 0 Å². The Morgan fingerprint density at radius 3 is 2.25 bits per heavy atom. The number of rotatable bonds is 4. The van der Waals surface area contributed by atoms with Crippen LogP contribution in [0.1, 0.15) is 48.0 Å². The zero-order valence-corrected chi connectivity index (χ0v) is 15.8. The number of nitrogens with one attached hydrogen (secondary N) is 1. The molecule has 1 aliphatic rings. The number of phenolic OH excluding ortho intramolecular Hbond substituents is 1. The Bertz CT molecular complexity index is 1010. The van der Waals surface area contributed by atoms with Crippen molar-refractivity contribution in [2.24, 2.45) is 11.0 Å². The van der Waals surface area contributed by atoms with Crippen molar-refractivity contribution in [3.05, 3.63) is 77.9 Å². The lowest BCUT2D eigenvalue weighted by Gasteiger charge is -2.23. The van der Waals surface area contributed by atoms with Crippen LogP contribution in [0, 0.1) is 5.92 Å². The maximum absolute atomic E-state index is 12.7. The molecule has 3 aromatic rings. The van der Waals surface area contributed by atoms with Gasteiger partial charge in [0.15, 0.2) is 0 Å². The van der Waals surface area contributed by atoms with E-state index in [0.29, 0.717) is 5.92 Å². The van der Waals surface area contributed by atoms with Crippen LogP contribution in [-0.2, 0) is 0 Å². The summed E-state index contributed by atoms with van der Waals surface area (Å²) in [4.78, 5) is 12.7. The summed E-state index contributed by atoms with van der Waals surface area (Å²) < 4.78 is 0. The van der Waals surface area contributed by atoms with Crippen molar-refractivity contribution in [2.75, 3.05) is 0 Å². The third-order valence-electron chi connectivity index (χ3n) is 5.45. The molecule has 1 fully saturated rings. The number of benzene rings is 3. The van der Waals surface area contributed by atoms with E-state index in [1.165, 1.54) is 19.3 Å². The zero-order chi connectivity index (χ0) is 19.3. The predicted octanol–water partition coefficient (Wildman–Crippen LogP) is 5.26. The van der Waals surface area contributed by atoms with Crippen molar-refractivity contribution in [3.8, 4) is 5.75 Å². The highest BCUT2D eigenvalue weighted by Gasteiger charge is 2.21. The van der Waals surface area contributed by atoms with Gasteiger partial charge in [-0.1, -0.05) is 73.9 Å². The largest absolute Gasteiger partial charge is 0.507 e. The molecule has 142 valence electrons. The highest BCUT2D eigenvalue weighted by molar-refractivity contribution is 6.05. The standard InChI is InChI=1S/C24H24N2O2/c27-22-16-20-14-8-7-13-19(20)15-21(22)24(28)26-25-23(17-9-3-1-4-10-17)18-11-5-2-6-12-18/h1,3-4,7-10,13-16,18,27H,2,5-6,11-12H2,(H,26,28). The number of aromatic hydroxyl groups is 1. The minimum absolute atomic E-state index is 0.0367. The van der Waals surface area contributed by atoms with E-state index >= 15 is 0 Å². The molecule has 3 aromatic carbocycles. The fourth-order valence-electron chi connectivity index (χ4n) is 3.96. The predicted molar refractivity (Wildman–Crippen MR) is 113 cm³/mol. The van der Waals surface area contributed by atoms with Gasteiger partial charge in [-0.2, -0.15) is 5.10 Å². The molecule has 4 rings (SSSR count). The summed E-state index contributed by atoms with van der Waals surface area (Å²) in [6.07, 6.45) is 5.82. The van der Waals surface area contributed by atoms with Crippen molar-refractivity contribution >= 4 is 22.4 Å². The minimum atomic E-state index is -0.396. The first-order valence-corrected chi connectivity index (χ1v) is 9.87. The number of amides is 1. The number of nitrogens with zero attached hydrogens (tertiary/aromatic N) is 1. The zero-order valence-electron chi connectivity index (χ0n) is 15.8. The van der Waals surface area contributed by atoms with Gasteiger partial charge in [-0.05, 0) is 41.3 Å². The Labute approximate surface area is 164 Å². The molecule has 0 atom stereocenters. The second kappa shape index (κ2) is 8.26. The molecule has 2 N–H and O–H groups in total. The summed E-state index contributed by atoms with van der Waals surface area (Å²) in [5.74, 6) is -0.0838. The first-order chi connectivity index (χ1) is 13.7. The monoisotopic (exact) mass is 372 g/mol. The van der Waals surface area contributed by atoms with Gasteiger partial charge in [0.25, 0.3) is 5.91 Å². The minimum Gasteiger partial charge on any atom is -0.507 e. The molecule has 0 aliphatic heterocycles. The number of hydrazone groups is 1. The lowest BCUT2D eigenvalue weighted by atomic mass is 9.83. The molecule has 1 saturated carbocycles. The molecule has 4 heteroatoms. The van der Waals surface area contributed by atoms with Crippen LogP contribution < -0.4 is 5.43 Å². The molecular formula is C24H24N2O2. The van der Waals surface area contributed by atoms with Gasteiger partial charge in [0.05, 0.1) is 11.3 Å². The van der Waals surface area contributed by atoms with Crippen molar-refractivity contribution in [1.82, 2.24) is 5.43 Å². The Kier molecular flexibility index (Phi) is 5.38. The summed E-state index contributed by atoms with van der Waals surface area (Å²) in [5.41, 5.74) is 4.89. The van der Waals surface area contributed by atoms with Gasteiger partial charge >= 0.3 is 0 Å². The number of hydrogen-bond acceptors (Lipinski definition) is 3. The quantitative estimate of drug-likeness (QED) is 0.485. The van der Waals surface area contributed by atoms with Crippen molar-refractivity contribution < 1.29 is 9.90 Å². The van der Waals surface area contributed by atoms with Gasteiger partial charge in [0.1, 0.15) is 5.75 Å². The molecule has 0 saturated heterocycles. The van der Waals surface area contributed by atoms with Crippen LogP contribution in [0.2, 0.25) is 0 Å². The molecule has 0 aromatic heterocycles. The van der Waals surface area contributed by atoms with Gasteiger partial charge in [-0.3, -0.25) is 4.79 Å². The highest BCUT2D eigenvalue weighted by atomic mass is 16.3. The van der Waals surface area contributed by atoms with Crippen LogP contribution in [0.4, 0.5) is 0 Å². The summed E-state index contributed by atoms with van der Waals surface area (Å²) in [6.45, 7) is 0. The summed E-state index contributed by atoms with van der Waals surface area (Å²) >= 11 is 0. The normalized spacial score (nSPS) is 15.5. The van der Waals surface area contributed by atoms with Crippen LogP contribution in [0.15, 0.2) is 71.8 Å². The first kappa shape index (κ1) is 18.2. The molecular weight excluding hydrogens is 348 g/mol. The topological polar surface area (TPSA) is 61.7 Å². The number of carbonyl (C=O) groups is 1. The Balaban J connectivity index is 1.62. The number of carbonyl (C=O) groups excluding carboxylic acids is 1. The molecule has 1 aliphatic carbocycles. The van der Waals surface area contributed by atoms with E-state index in [1.807, 2.05) is 54.6 Å². The van der Waals surface area contributed by atoms with Crippen LogP contribution >= 0.6 is 0 Å². The fourth-order valence-corrected chi connectivity index (χ4v) is 3.96. The van der Waals surface area contributed by atoms with Crippen LogP contribution in [0.25, 0.3) is 10.8 Å². The fraction of sp³-hybridized carbons (Fsp3) is 0.250. The highest BCUT2D eigenvalue weighted by Crippen LogP contribution is 2.28. The van der Waals surface area contributed by atoms with Gasteiger partial charge < -0.3 is 5.11 Å². The van der Waals surface area contributed by atoms with E-state index in [2.05, 4.69) is 10.5 Å². The molecule has 0 heterocycles. The lowest BCUT2D eigenvalue weighted by molar-refractivity contribution is 0.0952. The Hall–Kier alpha value is -3.14. The van der Waals surface area contributed by atoms with E-state index in [1.54, 1.807) is 12.1 Å². The lowest BCUT2D eigenvalue weighted by Crippen LogP contribution is -2.25. The van der Waals surface area contributed by atoms with Crippen LogP contribution in [0.5, 0.6) is 5.75 Å². The SMILES string of the molecule is O=C(NN=C(c1ccccc1)C1CCCCC1)c1cc2ccccc2cc1O. The smallest absolute Gasteiger partial charge is 0.275 e. The van der Waals surface area contributed by atoms with E-state index in [9.17, 15) is 9.90 Å². The molecule has 0 radical (unpaired) electrons. The van der Waals surface area contributed by atoms with Crippen molar-refractivity contribution in [3.63, 3.8) is 0 Å². The molecule has 28 heavy (non-hydrogen) atoms. The second-order valence-electron chi connectivity index (χ2n) is 7.36. The number of phenols is 1. The summed E-state index contributed by atoms with van der Waals surface area (Å²) in [5, 5.41) is 16.6. The molecule has 4 nitrogen and oxygen atoms in total. The van der Waals surface area contributed by atoms with Crippen molar-refractivity contribution in [1.29, 1.82) is 0 Å². The Morgan fingerprint density at radius 2 is 1.54 bits per heavy atom. The summed E-state index contributed by atoms with van der Waals surface area (Å²) in [6, 6.07) is 21.0. The van der Waals surface area contributed by atoms with Gasteiger partial charge in [-0.15, -0.1) is 0 Å². The van der Waals surface area contributed by atoms with Crippen LogP contribution in [-0.4, -0.2) is 16.7 Å². The third-order valence-corrected chi connectivity index (χ3v) is 5.45. The Morgan fingerprint density at radius 1 is 0.893 bits per heavy atom. The molecule has 1 amide bonds. The summed E-state index contributed by atoms with van der Waals surface area (Å²) in [7, 11) is 0. The maximum Gasteiger partial charge on any atom is 0.275 e. The maximum atomic E-state index is 12.7. The van der Waals surface area contributed by atoms with Gasteiger partial charge in [0.2, 0.25) is 0 Å². The molecule has 0 unspecified atom stereocenters. The van der Waals surface area contributed by atoms with Crippen molar-refractivity contribution in [2.45, 2.75) is 32.1 Å². The average Bonchev–Trinajstić information content (AvgIpc) is 2.75. The first-order valence-electron chi connectivity index (χ1n) is 9.87. The molecule has 0 bridgehead atoms. The number of fused-ring (bicyclic) bond motifs is 1. The number of hydrogen-bond donors (Lipinski definition) is 2.